The fourth-order valence-corrected chi connectivity index (χ4v) is 1.82. The summed E-state index contributed by atoms with van der Waals surface area (Å²) in [5.41, 5.74) is 6.47. The Morgan fingerprint density at radius 3 is 2.40 bits per heavy atom. The van der Waals surface area contributed by atoms with Crippen LogP contribution in [0.1, 0.15) is 11.6 Å². The molecule has 0 fully saturated rings. The number of nitrogens with two attached hydrogens (primary N) is 1. The van der Waals surface area contributed by atoms with E-state index in [2.05, 4.69) is 15.9 Å². The molecule has 1 aromatic rings. The quantitative estimate of drug-likeness (QED) is 0.873. The van der Waals surface area contributed by atoms with Gasteiger partial charge in [0.05, 0.1) is 31.3 Å². The Labute approximate surface area is 97.1 Å². The van der Waals surface area contributed by atoms with Gasteiger partial charge < -0.3 is 20.3 Å². The molecule has 0 aliphatic rings. The number of hydrogen-bond acceptors (Lipinski definition) is 4. The van der Waals surface area contributed by atoms with E-state index in [9.17, 15) is 0 Å². The Hall–Kier alpha value is -0.780. The van der Waals surface area contributed by atoms with E-state index in [1.165, 1.54) is 7.11 Å². The highest BCUT2D eigenvalue weighted by atomic mass is 79.9. The zero-order chi connectivity index (χ0) is 11.4. The van der Waals surface area contributed by atoms with Gasteiger partial charge in [-0.05, 0) is 22.0 Å². The smallest absolute Gasteiger partial charge is 0.175 e. The van der Waals surface area contributed by atoms with Crippen LogP contribution in [0.3, 0.4) is 0 Å². The van der Waals surface area contributed by atoms with E-state index in [0.717, 1.165) is 10.0 Å². The third-order valence-corrected chi connectivity index (χ3v) is 2.72. The van der Waals surface area contributed by atoms with Crippen LogP contribution in [0.2, 0.25) is 0 Å². The highest BCUT2D eigenvalue weighted by Gasteiger charge is 2.17. The average Bonchev–Trinajstić information content (AvgIpc) is 2.27. The van der Waals surface area contributed by atoms with Gasteiger partial charge in [-0.1, -0.05) is 6.07 Å². The van der Waals surface area contributed by atoms with Crippen molar-refractivity contribution in [1.82, 2.24) is 0 Å². The Morgan fingerprint density at radius 1 is 1.33 bits per heavy atom. The van der Waals surface area contributed by atoms with Crippen molar-refractivity contribution >= 4 is 15.9 Å². The molecule has 4 nitrogen and oxygen atoms in total. The van der Waals surface area contributed by atoms with Crippen LogP contribution in [0.15, 0.2) is 16.6 Å². The van der Waals surface area contributed by atoms with Gasteiger partial charge in [0.1, 0.15) is 0 Å². The summed E-state index contributed by atoms with van der Waals surface area (Å²) in [6.07, 6.45) is 0. The van der Waals surface area contributed by atoms with E-state index in [1.54, 1.807) is 13.2 Å². The highest BCUT2D eigenvalue weighted by molar-refractivity contribution is 9.10. The van der Waals surface area contributed by atoms with E-state index in [0.29, 0.717) is 11.5 Å². The lowest BCUT2D eigenvalue weighted by Crippen LogP contribution is -2.15. The van der Waals surface area contributed by atoms with Crippen molar-refractivity contribution in [3.63, 3.8) is 0 Å². The summed E-state index contributed by atoms with van der Waals surface area (Å²) >= 11 is 3.34. The molecular weight excluding hydrogens is 262 g/mol. The number of methoxy groups -OCH3 is 2. The van der Waals surface area contributed by atoms with Crippen molar-refractivity contribution in [2.24, 2.45) is 5.73 Å². The maximum absolute atomic E-state index is 9.01. The third-order valence-electron chi connectivity index (χ3n) is 2.10. The first-order valence-electron chi connectivity index (χ1n) is 4.42. The van der Waals surface area contributed by atoms with Gasteiger partial charge in [-0.15, -0.1) is 0 Å². The molecule has 84 valence electrons. The summed E-state index contributed by atoms with van der Waals surface area (Å²) in [5, 5.41) is 9.01. The first-order valence-corrected chi connectivity index (χ1v) is 5.21. The molecule has 1 unspecified atom stereocenters. The second kappa shape index (κ2) is 5.34. The minimum Gasteiger partial charge on any atom is -0.492 e. The summed E-state index contributed by atoms with van der Waals surface area (Å²) in [6, 6.07) is 3.14. The summed E-state index contributed by atoms with van der Waals surface area (Å²) in [4.78, 5) is 0. The molecule has 3 N–H and O–H groups in total. The summed E-state index contributed by atoms with van der Waals surface area (Å²) in [5.74, 6) is 1.13. The molecule has 0 amide bonds. The molecule has 0 saturated heterocycles. The first kappa shape index (κ1) is 12.3. The standard InChI is InChI=1S/C10H14BrNO3/c1-14-9-6(8(12)5-13)3-4-7(11)10(9)15-2/h3-4,8,13H,5,12H2,1-2H3. The van der Waals surface area contributed by atoms with Crippen LogP contribution in [0.25, 0.3) is 0 Å². The second-order valence-electron chi connectivity index (χ2n) is 2.99. The molecule has 1 rings (SSSR count). The second-order valence-corrected chi connectivity index (χ2v) is 3.85. The fraction of sp³-hybridized carbons (Fsp3) is 0.400. The highest BCUT2D eigenvalue weighted by Crippen LogP contribution is 2.39. The molecule has 0 spiro atoms. The third kappa shape index (κ3) is 2.42. The van der Waals surface area contributed by atoms with Crippen molar-refractivity contribution in [1.29, 1.82) is 0 Å². The molecule has 0 heterocycles. The molecule has 0 aromatic heterocycles. The molecule has 0 bridgehead atoms. The molecule has 5 heteroatoms. The van der Waals surface area contributed by atoms with E-state index in [1.807, 2.05) is 6.07 Å². The normalized spacial score (nSPS) is 12.3. The van der Waals surface area contributed by atoms with Crippen LogP contribution in [-0.4, -0.2) is 25.9 Å². The van der Waals surface area contributed by atoms with Crippen molar-refractivity contribution in [3.8, 4) is 11.5 Å². The first-order chi connectivity index (χ1) is 7.15. The van der Waals surface area contributed by atoms with Crippen molar-refractivity contribution in [2.45, 2.75) is 6.04 Å². The number of halogens is 1. The number of hydrogen-bond donors (Lipinski definition) is 2. The molecule has 0 saturated carbocycles. The number of ether oxygens (including phenoxy) is 2. The molecule has 15 heavy (non-hydrogen) atoms. The molecule has 0 aliphatic heterocycles. The van der Waals surface area contributed by atoms with E-state index >= 15 is 0 Å². The SMILES string of the molecule is COc1c(Br)ccc(C(N)CO)c1OC. The maximum atomic E-state index is 9.01. The Balaban J connectivity index is 3.28. The van der Waals surface area contributed by atoms with Gasteiger partial charge in [0.2, 0.25) is 0 Å². The predicted molar refractivity (Wildman–Crippen MR) is 61.3 cm³/mol. The fourth-order valence-electron chi connectivity index (χ4n) is 1.34. The topological polar surface area (TPSA) is 64.7 Å². The van der Waals surface area contributed by atoms with Gasteiger partial charge in [0, 0.05) is 5.56 Å². The van der Waals surface area contributed by atoms with Gasteiger partial charge in [-0.25, -0.2) is 0 Å². The molecule has 1 atom stereocenters. The summed E-state index contributed by atoms with van der Waals surface area (Å²) in [7, 11) is 3.09. The molecular formula is C10H14BrNO3. The number of rotatable bonds is 4. The number of benzene rings is 1. The van der Waals surface area contributed by atoms with Gasteiger partial charge in [0.15, 0.2) is 11.5 Å². The Morgan fingerprint density at radius 2 is 1.93 bits per heavy atom. The van der Waals surface area contributed by atoms with Crippen molar-refractivity contribution < 1.29 is 14.6 Å². The van der Waals surface area contributed by atoms with Crippen LogP contribution in [0.5, 0.6) is 11.5 Å². The van der Waals surface area contributed by atoms with Crippen LogP contribution in [0, 0.1) is 0 Å². The maximum Gasteiger partial charge on any atom is 0.175 e. The Bertz CT molecular complexity index is 344. The summed E-state index contributed by atoms with van der Waals surface area (Å²) in [6.45, 7) is -0.138. The van der Waals surface area contributed by atoms with Gasteiger partial charge in [-0.3, -0.25) is 0 Å². The van der Waals surface area contributed by atoms with Crippen LogP contribution in [-0.2, 0) is 0 Å². The molecule has 0 aliphatic carbocycles. The molecule has 1 aromatic carbocycles. The van der Waals surface area contributed by atoms with Gasteiger partial charge >= 0.3 is 0 Å². The number of aliphatic hydroxyl groups is 1. The van der Waals surface area contributed by atoms with Crippen LogP contribution >= 0.6 is 15.9 Å². The van der Waals surface area contributed by atoms with E-state index in [4.69, 9.17) is 20.3 Å². The van der Waals surface area contributed by atoms with Crippen LogP contribution in [0.4, 0.5) is 0 Å². The van der Waals surface area contributed by atoms with Gasteiger partial charge in [-0.2, -0.15) is 0 Å². The number of aliphatic hydroxyl groups excluding tert-OH is 1. The van der Waals surface area contributed by atoms with Gasteiger partial charge in [0.25, 0.3) is 0 Å². The molecule has 0 radical (unpaired) electrons. The van der Waals surface area contributed by atoms with E-state index < -0.39 is 6.04 Å². The van der Waals surface area contributed by atoms with Crippen LogP contribution < -0.4 is 15.2 Å². The van der Waals surface area contributed by atoms with Crippen molar-refractivity contribution in [3.05, 3.63) is 22.2 Å². The lowest BCUT2D eigenvalue weighted by molar-refractivity contribution is 0.263. The monoisotopic (exact) mass is 275 g/mol. The lowest BCUT2D eigenvalue weighted by Gasteiger charge is -2.17. The zero-order valence-electron chi connectivity index (χ0n) is 8.66. The average molecular weight is 276 g/mol. The minimum atomic E-state index is -0.470. The lowest BCUT2D eigenvalue weighted by atomic mass is 10.1. The zero-order valence-corrected chi connectivity index (χ0v) is 10.2. The Kier molecular flexibility index (Phi) is 4.38. The minimum absolute atomic E-state index is 0.138. The van der Waals surface area contributed by atoms with E-state index in [-0.39, 0.29) is 6.61 Å². The predicted octanol–water partition coefficient (Wildman–Crippen LogP) is 1.46. The van der Waals surface area contributed by atoms with Crippen molar-refractivity contribution in [2.75, 3.05) is 20.8 Å². The largest absolute Gasteiger partial charge is 0.492 e. The summed E-state index contributed by atoms with van der Waals surface area (Å²) < 4.78 is 11.2.